The molecule has 4 aromatic rings. The molecule has 38 heavy (non-hydrogen) atoms. The molecule has 0 unspecified atom stereocenters. The summed E-state index contributed by atoms with van der Waals surface area (Å²) in [6.45, 7) is 0. The smallest absolute Gasteiger partial charge is 0.273 e. The van der Waals surface area contributed by atoms with Gasteiger partial charge in [0, 0.05) is 22.9 Å². The van der Waals surface area contributed by atoms with E-state index in [0.29, 0.717) is 11.3 Å². The summed E-state index contributed by atoms with van der Waals surface area (Å²) >= 11 is 0. The number of rotatable bonds is 6. The fourth-order valence-electron chi connectivity index (χ4n) is 3.99. The lowest BCUT2D eigenvalue weighted by atomic mass is 10.1. The molecule has 0 radical (unpaired) electrons. The zero-order valence-corrected chi connectivity index (χ0v) is 19.6. The average molecular weight is 503 g/mol. The number of terminal acetylenes is 1. The van der Waals surface area contributed by atoms with Gasteiger partial charge >= 0.3 is 0 Å². The van der Waals surface area contributed by atoms with Crippen LogP contribution in [0.25, 0.3) is 0 Å². The van der Waals surface area contributed by atoms with Crippen molar-refractivity contribution < 1.29 is 24.0 Å². The first kappa shape index (κ1) is 24.0. The molecule has 0 aliphatic carbocycles. The van der Waals surface area contributed by atoms with Crippen molar-refractivity contribution in [3.8, 4) is 23.8 Å². The lowest BCUT2D eigenvalue weighted by molar-refractivity contribution is -0.384. The minimum Gasteiger partial charge on any atom is -0.457 e. The Morgan fingerprint density at radius 1 is 0.868 bits per heavy atom. The molecule has 0 spiro atoms. The van der Waals surface area contributed by atoms with Gasteiger partial charge in [0.2, 0.25) is 0 Å². The second-order valence-corrected chi connectivity index (χ2v) is 8.24. The maximum atomic E-state index is 13.2. The third-order valence-electron chi connectivity index (χ3n) is 5.78. The lowest BCUT2D eigenvalue weighted by Crippen LogP contribution is -2.29. The van der Waals surface area contributed by atoms with Crippen LogP contribution in [0, 0.1) is 22.5 Å². The third kappa shape index (κ3) is 4.57. The maximum absolute atomic E-state index is 13.2. The van der Waals surface area contributed by atoms with Crippen molar-refractivity contribution in [1.29, 1.82) is 0 Å². The van der Waals surface area contributed by atoms with Crippen molar-refractivity contribution >= 4 is 34.8 Å². The normalized spacial score (nSPS) is 12.0. The molecule has 0 fully saturated rings. The van der Waals surface area contributed by atoms with Gasteiger partial charge in [0.25, 0.3) is 23.4 Å². The second-order valence-electron chi connectivity index (χ2n) is 8.24. The number of carbonyl (C=O) groups is 3. The third-order valence-corrected chi connectivity index (χ3v) is 5.78. The summed E-state index contributed by atoms with van der Waals surface area (Å²) in [5.74, 6) is 1.36. The van der Waals surface area contributed by atoms with Gasteiger partial charge in [-0.15, -0.1) is 6.42 Å². The number of nitrogens with one attached hydrogen (secondary N) is 1. The maximum Gasteiger partial charge on any atom is 0.273 e. The molecule has 0 bridgehead atoms. The Morgan fingerprint density at radius 3 is 2.39 bits per heavy atom. The van der Waals surface area contributed by atoms with Gasteiger partial charge in [0.15, 0.2) is 0 Å². The summed E-state index contributed by atoms with van der Waals surface area (Å²) in [7, 11) is 0. The van der Waals surface area contributed by atoms with Crippen molar-refractivity contribution in [1.82, 2.24) is 0 Å². The number of ether oxygens (including phenoxy) is 1. The van der Waals surface area contributed by atoms with Gasteiger partial charge in [-0.05, 0) is 60.7 Å². The summed E-state index contributed by atoms with van der Waals surface area (Å²) in [5, 5.41) is 13.8. The molecular formula is C29H17N3O6. The lowest BCUT2D eigenvalue weighted by Gasteiger charge is -2.15. The van der Waals surface area contributed by atoms with Gasteiger partial charge < -0.3 is 10.1 Å². The number of hydrogen-bond donors (Lipinski definition) is 1. The molecule has 9 nitrogen and oxygen atoms in total. The Bertz CT molecular complexity index is 1690. The number of imide groups is 1. The van der Waals surface area contributed by atoms with Crippen LogP contribution in [0.4, 0.5) is 17.1 Å². The minimum atomic E-state index is -0.589. The van der Waals surface area contributed by atoms with Crippen LogP contribution in [0.3, 0.4) is 0 Å². The van der Waals surface area contributed by atoms with Crippen LogP contribution in [-0.4, -0.2) is 22.6 Å². The molecule has 3 amide bonds. The highest BCUT2D eigenvalue weighted by molar-refractivity contribution is 6.34. The molecule has 5 rings (SSSR count). The summed E-state index contributed by atoms with van der Waals surface area (Å²) in [4.78, 5) is 50.6. The molecular weight excluding hydrogens is 486 g/mol. The molecule has 1 N–H and O–H groups in total. The largest absolute Gasteiger partial charge is 0.457 e. The van der Waals surface area contributed by atoms with Crippen LogP contribution in [0.2, 0.25) is 0 Å². The summed E-state index contributed by atoms with van der Waals surface area (Å²) in [6, 6.07) is 22.9. The monoisotopic (exact) mass is 503 g/mol. The SMILES string of the molecule is C#Cc1cccc(NC(=O)c2cccc(N3C(=O)c4ccc(Oc5cccc([N+](=O)[O-])c5)cc4C3=O)c2)c1. The van der Waals surface area contributed by atoms with E-state index in [1.807, 2.05) is 0 Å². The molecule has 1 aliphatic heterocycles. The summed E-state index contributed by atoms with van der Waals surface area (Å²) in [5.41, 5.74) is 1.71. The number of carbonyl (C=O) groups excluding carboxylic acids is 3. The Hall–Kier alpha value is -5.75. The highest BCUT2D eigenvalue weighted by Gasteiger charge is 2.37. The molecule has 1 aliphatic rings. The van der Waals surface area contributed by atoms with Gasteiger partial charge in [0.05, 0.1) is 27.8 Å². The Morgan fingerprint density at radius 2 is 1.61 bits per heavy atom. The van der Waals surface area contributed by atoms with E-state index < -0.39 is 22.6 Å². The van der Waals surface area contributed by atoms with Crippen molar-refractivity contribution in [2.75, 3.05) is 10.2 Å². The number of fused-ring (bicyclic) bond motifs is 1. The number of nitro benzene ring substituents is 1. The highest BCUT2D eigenvalue weighted by Crippen LogP contribution is 2.33. The van der Waals surface area contributed by atoms with E-state index in [-0.39, 0.29) is 39.6 Å². The van der Waals surface area contributed by atoms with Gasteiger partial charge in [0.1, 0.15) is 11.5 Å². The predicted molar refractivity (Wildman–Crippen MR) is 140 cm³/mol. The molecule has 4 aromatic carbocycles. The number of hydrogen-bond acceptors (Lipinski definition) is 6. The molecule has 0 atom stereocenters. The standard InChI is InChI=1S/C29H17N3O6/c1-2-18-6-3-8-20(14-18)30-27(33)19-7-4-9-21(15-19)31-28(34)25-13-12-24(17-26(25)29(31)35)38-23-11-5-10-22(16-23)32(36)37/h1,3-17H,(H,30,33). The first-order valence-electron chi connectivity index (χ1n) is 11.3. The average Bonchev–Trinajstić information content (AvgIpc) is 3.17. The van der Waals surface area contributed by atoms with E-state index in [4.69, 9.17) is 11.2 Å². The van der Waals surface area contributed by atoms with Gasteiger partial charge in [-0.25, -0.2) is 4.90 Å². The predicted octanol–water partition coefficient (Wildman–Crippen LogP) is 5.42. The number of nitrogens with zero attached hydrogens (tertiary/aromatic N) is 2. The van der Waals surface area contributed by atoms with Gasteiger partial charge in [-0.3, -0.25) is 24.5 Å². The zero-order chi connectivity index (χ0) is 26.8. The summed E-state index contributed by atoms with van der Waals surface area (Å²) < 4.78 is 5.69. The van der Waals surface area contributed by atoms with E-state index in [1.54, 1.807) is 48.5 Å². The first-order chi connectivity index (χ1) is 18.3. The fourth-order valence-corrected chi connectivity index (χ4v) is 3.99. The number of non-ortho nitro benzene ring substituents is 1. The number of amides is 3. The Balaban J connectivity index is 1.38. The second kappa shape index (κ2) is 9.72. The van der Waals surface area contributed by atoms with Gasteiger partial charge in [-0.2, -0.15) is 0 Å². The van der Waals surface area contributed by atoms with Gasteiger partial charge in [-0.1, -0.05) is 24.1 Å². The van der Waals surface area contributed by atoms with E-state index >= 15 is 0 Å². The van der Waals surface area contributed by atoms with E-state index in [2.05, 4.69) is 11.2 Å². The van der Waals surface area contributed by atoms with E-state index in [0.717, 1.165) is 4.90 Å². The number of benzene rings is 4. The van der Waals surface area contributed by atoms with Crippen molar-refractivity contribution in [2.24, 2.45) is 0 Å². The Kier molecular flexibility index (Phi) is 6.13. The molecule has 0 saturated carbocycles. The molecule has 0 aromatic heterocycles. The molecule has 0 saturated heterocycles. The first-order valence-corrected chi connectivity index (χ1v) is 11.3. The molecule has 1 heterocycles. The molecule has 9 heteroatoms. The zero-order valence-electron chi connectivity index (χ0n) is 19.6. The van der Waals surface area contributed by atoms with Crippen LogP contribution >= 0.6 is 0 Å². The van der Waals surface area contributed by atoms with Crippen LogP contribution in [0.1, 0.15) is 36.6 Å². The van der Waals surface area contributed by atoms with E-state index in [1.165, 1.54) is 42.5 Å². The number of anilines is 2. The highest BCUT2D eigenvalue weighted by atomic mass is 16.6. The minimum absolute atomic E-state index is 0.110. The topological polar surface area (TPSA) is 119 Å². The van der Waals surface area contributed by atoms with Crippen molar-refractivity contribution in [3.05, 3.63) is 123 Å². The Labute approximate surface area is 216 Å². The molecule has 184 valence electrons. The van der Waals surface area contributed by atoms with Crippen LogP contribution in [0.15, 0.2) is 91.0 Å². The van der Waals surface area contributed by atoms with Crippen LogP contribution < -0.4 is 15.0 Å². The number of nitro groups is 1. The van der Waals surface area contributed by atoms with Crippen molar-refractivity contribution in [3.63, 3.8) is 0 Å². The quantitative estimate of drug-likeness (QED) is 0.162. The fraction of sp³-hybridized carbons (Fsp3) is 0. The van der Waals surface area contributed by atoms with E-state index in [9.17, 15) is 24.5 Å². The van der Waals surface area contributed by atoms with Crippen LogP contribution in [0.5, 0.6) is 11.5 Å². The van der Waals surface area contributed by atoms with Crippen molar-refractivity contribution in [2.45, 2.75) is 0 Å². The van der Waals surface area contributed by atoms with Crippen LogP contribution in [-0.2, 0) is 0 Å². The summed E-state index contributed by atoms with van der Waals surface area (Å²) in [6.07, 6.45) is 5.41.